The Hall–Kier alpha value is 0.150. The summed E-state index contributed by atoms with van der Waals surface area (Å²) in [6.07, 6.45) is 10.7. The van der Waals surface area contributed by atoms with Crippen LogP contribution in [0.15, 0.2) is 0 Å². The van der Waals surface area contributed by atoms with E-state index in [1.54, 1.807) is 0 Å². The fourth-order valence-electron chi connectivity index (χ4n) is 1.54. The first kappa shape index (κ1) is 14.2. The third kappa shape index (κ3) is 10.2. The van der Waals surface area contributed by atoms with Crippen molar-refractivity contribution < 1.29 is 4.21 Å². The maximum atomic E-state index is 11.1. The Morgan fingerprint density at radius 1 is 0.786 bits per heavy atom. The molecule has 1 atom stereocenters. The van der Waals surface area contributed by atoms with E-state index in [-0.39, 0.29) is 0 Å². The molecule has 0 aromatic heterocycles. The highest BCUT2D eigenvalue weighted by molar-refractivity contribution is 7.84. The Morgan fingerprint density at radius 3 is 1.79 bits per heavy atom. The maximum Gasteiger partial charge on any atom is 0.0234 e. The second kappa shape index (κ2) is 11.2. The minimum absolute atomic E-state index is 0.537. The van der Waals surface area contributed by atoms with Crippen molar-refractivity contribution in [3.05, 3.63) is 0 Å². The van der Waals surface area contributed by atoms with Gasteiger partial charge >= 0.3 is 0 Å². The van der Waals surface area contributed by atoms with Crippen LogP contribution in [0.3, 0.4) is 0 Å². The summed E-state index contributed by atoms with van der Waals surface area (Å²) in [5, 5.41) is 0. The van der Waals surface area contributed by atoms with Crippen LogP contribution < -0.4 is 0 Å². The van der Waals surface area contributed by atoms with Gasteiger partial charge in [-0.15, -0.1) is 0 Å². The fourth-order valence-corrected chi connectivity index (χ4v) is 2.36. The van der Waals surface area contributed by atoms with Crippen LogP contribution in [-0.2, 0) is 10.8 Å². The summed E-state index contributed by atoms with van der Waals surface area (Å²) >= 11 is 0. The summed E-state index contributed by atoms with van der Waals surface area (Å²) in [5.74, 6) is 1.75. The average Bonchev–Trinajstić information content (AvgIpc) is 2.21. The smallest absolute Gasteiger partial charge is 0.0234 e. The summed E-state index contributed by atoms with van der Waals surface area (Å²) in [6, 6.07) is 0. The van der Waals surface area contributed by atoms with E-state index >= 15 is 0 Å². The molecule has 0 amide bonds. The van der Waals surface area contributed by atoms with Crippen molar-refractivity contribution in [3.8, 4) is 0 Å². The first-order chi connectivity index (χ1) is 6.81. The molecule has 1 unspecified atom stereocenters. The van der Waals surface area contributed by atoms with Crippen LogP contribution in [0.1, 0.15) is 65.2 Å². The van der Waals surface area contributed by atoms with Crippen LogP contribution in [0.4, 0.5) is 0 Å². The van der Waals surface area contributed by atoms with Gasteiger partial charge in [-0.2, -0.15) is 0 Å². The van der Waals surface area contributed by atoms with Gasteiger partial charge in [0.15, 0.2) is 0 Å². The zero-order valence-corrected chi connectivity index (χ0v) is 10.7. The van der Waals surface area contributed by atoms with E-state index in [0.717, 1.165) is 17.9 Å². The predicted octanol–water partition coefficient (Wildman–Crippen LogP) is 3.90. The van der Waals surface area contributed by atoms with Crippen molar-refractivity contribution in [1.82, 2.24) is 0 Å². The van der Waals surface area contributed by atoms with E-state index in [9.17, 15) is 4.21 Å². The molecule has 0 saturated heterocycles. The maximum absolute atomic E-state index is 11.1. The van der Waals surface area contributed by atoms with Crippen LogP contribution in [0, 0.1) is 0 Å². The van der Waals surface area contributed by atoms with Crippen molar-refractivity contribution in [3.63, 3.8) is 0 Å². The largest absolute Gasteiger partial charge is 0.260 e. The van der Waals surface area contributed by atoms with E-state index in [4.69, 9.17) is 0 Å². The Bertz CT molecular complexity index is 134. The molecule has 14 heavy (non-hydrogen) atoms. The number of hydrogen-bond donors (Lipinski definition) is 0. The molecule has 86 valence electrons. The molecule has 0 aromatic carbocycles. The number of unbranched alkanes of at least 4 members (excludes halogenated alkanes) is 7. The lowest BCUT2D eigenvalue weighted by atomic mass is 10.1. The van der Waals surface area contributed by atoms with Crippen molar-refractivity contribution >= 4 is 10.8 Å². The number of hydrogen-bond acceptors (Lipinski definition) is 1. The third-order valence-electron chi connectivity index (χ3n) is 2.55. The normalized spacial score (nSPS) is 13.0. The first-order valence-corrected chi connectivity index (χ1v) is 7.65. The molecule has 1 nitrogen and oxygen atoms in total. The Labute approximate surface area is 92.1 Å². The Balaban J connectivity index is 2.95. The molecular weight excluding hydrogens is 192 g/mol. The molecule has 0 aliphatic carbocycles. The highest BCUT2D eigenvalue weighted by Gasteiger charge is 1.95. The minimum atomic E-state index is -0.537. The lowest BCUT2D eigenvalue weighted by Gasteiger charge is -2.01. The van der Waals surface area contributed by atoms with Gasteiger partial charge in [-0.05, 0) is 6.42 Å². The molecule has 0 rings (SSSR count). The molecule has 0 aliphatic heterocycles. The molecule has 0 bridgehead atoms. The van der Waals surface area contributed by atoms with Crippen molar-refractivity contribution in [2.45, 2.75) is 65.2 Å². The molecule has 0 radical (unpaired) electrons. The highest BCUT2D eigenvalue weighted by Crippen LogP contribution is 2.08. The summed E-state index contributed by atoms with van der Waals surface area (Å²) < 4.78 is 11.1. The van der Waals surface area contributed by atoms with Gasteiger partial charge in [-0.1, -0.05) is 58.8 Å². The van der Waals surface area contributed by atoms with Gasteiger partial charge in [0.2, 0.25) is 0 Å². The predicted molar refractivity (Wildman–Crippen MR) is 66.2 cm³/mol. The molecule has 0 fully saturated rings. The fraction of sp³-hybridized carbons (Fsp3) is 1.00. The molecule has 0 aromatic rings. The molecular formula is C12H26OS. The monoisotopic (exact) mass is 218 g/mol. The van der Waals surface area contributed by atoms with Gasteiger partial charge in [0.1, 0.15) is 0 Å². The van der Waals surface area contributed by atoms with E-state index < -0.39 is 10.8 Å². The summed E-state index contributed by atoms with van der Waals surface area (Å²) in [4.78, 5) is 0. The first-order valence-electron chi connectivity index (χ1n) is 6.16. The van der Waals surface area contributed by atoms with Crippen LogP contribution in [0.5, 0.6) is 0 Å². The van der Waals surface area contributed by atoms with E-state index in [2.05, 4.69) is 6.92 Å². The Morgan fingerprint density at radius 2 is 1.29 bits per heavy atom. The standard InChI is InChI=1S/C12H26OS/c1-3-5-6-7-8-9-10-11-12-14(13)4-2/h3-12H2,1-2H3. The SMILES string of the molecule is CCCCCCCCCCS(=O)CC. The van der Waals surface area contributed by atoms with Crippen molar-refractivity contribution in [2.75, 3.05) is 11.5 Å². The minimum Gasteiger partial charge on any atom is -0.260 e. The second-order valence-electron chi connectivity index (χ2n) is 3.91. The molecule has 0 spiro atoms. The molecule has 0 aliphatic rings. The van der Waals surface area contributed by atoms with Gasteiger partial charge in [0, 0.05) is 22.3 Å². The highest BCUT2D eigenvalue weighted by atomic mass is 32.2. The Kier molecular flexibility index (Phi) is 11.3. The molecule has 0 saturated carbocycles. The zero-order valence-electron chi connectivity index (χ0n) is 9.89. The molecule has 0 N–H and O–H groups in total. The van der Waals surface area contributed by atoms with E-state index in [0.29, 0.717) is 0 Å². The molecule has 2 heteroatoms. The van der Waals surface area contributed by atoms with Gasteiger partial charge in [0.25, 0.3) is 0 Å². The number of rotatable bonds is 10. The van der Waals surface area contributed by atoms with Gasteiger partial charge in [-0.25, -0.2) is 0 Å². The summed E-state index contributed by atoms with van der Waals surface area (Å²) in [7, 11) is -0.537. The van der Waals surface area contributed by atoms with E-state index in [1.807, 2.05) is 6.92 Å². The average molecular weight is 218 g/mol. The topological polar surface area (TPSA) is 17.1 Å². The second-order valence-corrected chi connectivity index (χ2v) is 5.77. The van der Waals surface area contributed by atoms with E-state index in [1.165, 1.54) is 44.9 Å². The van der Waals surface area contributed by atoms with Crippen LogP contribution in [0.25, 0.3) is 0 Å². The zero-order chi connectivity index (χ0) is 10.6. The lowest BCUT2D eigenvalue weighted by molar-refractivity contribution is 0.585. The van der Waals surface area contributed by atoms with Gasteiger partial charge in [0.05, 0.1) is 0 Å². The van der Waals surface area contributed by atoms with Gasteiger partial charge in [-0.3, -0.25) is 4.21 Å². The van der Waals surface area contributed by atoms with Crippen LogP contribution in [-0.4, -0.2) is 15.7 Å². The lowest BCUT2D eigenvalue weighted by Crippen LogP contribution is -1.99. The summed E-state index contributed by atoms with van der Waals surface area (Å²) in [5.41, 5.74) is 0. The van der Waals surface area contributed by atoms with Crippen molar-refractivity contribution in [1.29, 1.82) is 0 Å². The van der Waals surface area contributed by atoms with Crippen LogP contribution in [0.2, 0.25) is 0 Å². The van der Waals surface area contributed by atoms with Crippen LogP contribution >= 0.6 is 0 Å². The van der Waals surface area contributed by atoms with Gasteiger partial charge < -0.3 is 0 Å². The summed E-state index contributed by atoms with van der Waals surface area (Å²) in [6.45, 7) is 4.25. The molecule has 0 heterocycles. The third-order valence-corrected chi connectivity index (χ3v) is 3.94. The quantitative estimate of drug-likeness (QED) is 0.508. The van der Waals surface area contributed by atoms with Crippen molar-refractivity contribution in [2.24, 2.45) is 0 Å².